The summed E-state index contributed by atoms with van der Waals surface area (Å²) in [7, 11) is -5.53. The second-order valence-corrected chi connectivity index (χ2v) is 11.1. The van der Waals surface area contributed by atoms with Gasteiger partial charge in [-0.3, -0.25) is 0 Å². The maximum Gasteiger partial charge on any atom is 0.367 e. The summed E-state index contributed by atoms with van der Waals surface area (Å²) in [5.41, 5.74) is 3.03. The Kier molecular flexibility index (Phi) is 9.87. The van der Waals surface area contributed by atoms with Gasteiger partial charge >= 0.3 is 5.25 Å². The predicted octanol–water partition coefficient (Wildman–Crippen LogP) is 4.40. The summed E-state index contributed by atoms with van der Waals surface area (Å²) in [6, 6.07) is 22.1. The van der Waals surface area contributed by atoms with Crippen LogP contribution >= 0.6 is 0 Å². The molecule has 2 aromatic rings. The summed E-state index contributed by atoms with van der Waals surface area (Å²) < 4.78 is 64.4. The van der Waals surface area contributed by atoms with E-state index in [1.807, 2.05) is 0 Å². The van der Waals surface area contributed by atoms with Gasteiger partial charge in [0.1, 0.15) is 16.8 Å². The average Bonchev–Trinajstić information content (AvgIpc) is 3.29. The van der Waals surface area contributed by atoms with Crippen LogP contribution in [0.15, 0.2) is 60.7 Å². The number of hydrogen-bond acceptors (Lipinski definition) is 4. The van der Waals surface area contributed by atoms with Crippen molar-refractivity contribution in [3.05, 3.63) is 71.8 Å². The van der Waals surface area contributed by atoms with E-state index in [1.165, 1.54) is 48.3 Å². The second kappa shape index (κ2) is 11.9. The van der Waals surface area contributed by atoms with Crippen molar-refractivity contribution in [1.82, 2.24) is 0 Å². The average molecular weight is 477 g/mol. The molecule has 0 bridgehead atoms. The molecule has 3 rings (SSSR count). The lowest BCUT2D eigenvalue weighted by atomic mass is 10.2. The van der Waals surface area contributed by atoms with Crippen LogP contribution in [0.4, 0.5) is 13.2 Å². The zero-order valence-corrected chi connectivity index (χ0v) is 18.6. The molecule has 4 nitrogen and oxygen atoms in total. The minimum absolute atomic E-state index is 0.498. The van der Waals surface area contributed by atoms with Gasteiger partial charge in [-0.05, 0) is 36.6 Å². The van der Waals surface area contributed by atoms with Crippen molar-refractivity contribution in [2.24, 2.45) is 0 Å². The Labute approximate surface area is 184 Å². The Morgan fingerprint density at radius 2 is 1.39 bits per heavy atom. The van der Waals surface area contributed by atoms with Gasteiger partial charge in [0.25, 0.3) is 0 Å². The third-order valence-corrected chi connectivity index (χ3v) is 8.77. The van der Waals surface area contributed by atoms with E-state index in [-0.39, 0.29) is 0 Å². The molecule has 172 valence electrons. The topological polar surface area (TPSA) is 77.4 Å². The summed E-state index contributed by atoms with van der Waals surface area (Å²) in [6.45, 7) is -1.71. The molecule has 1 N–H and O–H groups in total. The van der Waals surface area contributed by atoms with Gasteiger partial charge in [-0.1, -0.05) is 60.7 Å². The quantitative estimate of drug-likeness (QED) is 0.453. The maximum atomic E-state index is 11.9. The number of halogens is 3. The van der Waals surface area contributed by atoms with Crippen molar-refractivity contribution in [2.75, 3.05) is 6.61 Å². The van der Waals surface area contributed by atoms with Crippen LogP contribution in [0.2, 0.25) is 0 Å². The number of rotatable bonds is 8. The van der Waals surface area contributed by atoms with E-state index in [0.29, 0.717) is 10.9 Å². The van der Waals surface area contributed by atoms with Gasteiger partial charge in [-0.25, -0.2) is 12.8 Å². The van der Waals surface area contributed by atoms with Gasteiger partial charge in [0.2, 0.25) is 0 Å². The zero-order valence-electron chi connectivity index (χ0n) is 17.0. The Hall–Kier alpha value is -1.55. The molecule has 0 aliphatic heterocycles. The van der Waals surface area contributed by atoms with Crippen LogP contribution in [0.3, 0.4) is 0 Å². The zero-order chi connectivity index (χ0) is 22.9. The van der Waals surface area contributed by atoms with Crippen LogP contribution in [-0.2, 0) is 32.5 Å². The standard InChI is InChI=1S/C19H23S.C3H5F3O4S/c1-3-9-17(10-4-1)15-20(19-13-7-8-14-19)16-18-11-5-2-6-12-18;4-2(1-7)3(5,6)11(8,9)10/h1-6,9-12,19H,7-8,13-16H2;2,7H,1H2,(H,8,9,10)/q+1;/p-1. The molecule has 1 aliphatic carbocycles. The van der Waals surface area contributed by atoms with Gasteiger partial charge < -0.3 is 9.66 Å². The van der Waals surface area contributed by atoms with E-state index < -0.39 is 28.2 Å². The Balaban J connectivity index is 0.000000267. The largest absolute Gasteiger partial charge is 0.743 e. The van der Waals surface area contributed by atoms with Gasteiger partial charge in [0, 0.05) is 11.1 Å². The van der Waals surface area contributed by atoms with Crippen LogP contribution < -0.4 is 0 Å². The molecule has 0 saturated heterocycles. The molecule has 0 aromatic heterocycles. The molecule has 1 fully saturated rings. The molecule has 0 heterocycles. The fourth-order valence-electron chi connectivity index (χ4n) is 3.35. The van der Waals surface area contributed by atoms with Crippen LogP contribution in [0, 0.1) is 0 Å². The fraction of sp³-hybridized carbons (Fsp3) is 0.455. The molecule has 1 saturated carbocycles. The molecule has 1 unspecified atom stereocenters. The maximum absolute atomic E-state index is 11.9. The normalized spacial score (nSPS) is 16.1. The summed E-state index contributed by atoms with van der Waals surface area (Å²) >= 11 is 0. The lowest BCUT2D eigenvalue weighted by Crippen LogP contribution is -2.40. The number of alkyl halides is 3. The predicted molar refractivity (Wildman–Crippen MR) is 117 cm³/mol. The van der Waals surface area contributed by atoms with Crippen LogP contribution in [0.1, 0.15) is 36.8 Å². The number of hydrogen-bond donors (Lipinski definition) is 1. The Morgan fingerprint density at radius 1 is 0.968 bits per heavy atom. The van der Waals surface area contributed by atoms with Crippen LogP contribution in [-0.4, -0.2) is 41.4 Å². The van der Waals surface area contributed by atoms with Gasteiger partial charge in [0.15, 0.2) is 16.3 Å². The van der Waals surface area contributed by atoms with E-state index in [2.05, 4.69) is 60.7 Å². The van der Waals surface area contributed by atoms with Crippen molar-refractivity contribution in [1.29, 1.82) is 0 Å². The molecular weight excluding hydrogens is 449 g/mol. The van der Waals surface area contributed by atoms with E-state index in [0.717, 1.165) is 5.25 Å². The van der Waals surface area contributed by atoms with Crippen molar-refractivity contribution < 1.29 is 31.2 Å². The van der Waals surface area contributed by atoms with E-state index in [4.69, 9.17) is 5.11 Å². The molecule has 31 heavy (non-hydrogen) atoms. The molecule has 1 aliphatic rings. The van der Waals surface area contributed by atoms with Crippen molar-refractivity contribution in [3.8, 4) is 0 Å². The van der Waals surface area contributed by atoms with Gasteiger partial charge in [-0.15, -0.1) is 0 Å². The van der Waals surface area contributed by atoms with E-state index in [9.17, 15) is 26.1 Å². The third kappa shape index (κ3) is 7.82. The first-order valence-corrected chi connectivity index (χ1v) is 13.0. The molecule has 0 spiro atoms. The van der Waals surface area contributed by atoms with Gasteiger partial charge in [-0.2, -0.15) is 8.78 Å². The van der Waals surface area contributed by atoms with Crippen molar-refractivity contribution in [3.63, 3.8) is 0 Å². The van der Waals surface area contributed by atoms with Gasteiger partial charge in [0.05, 0.1) is 6.61 Å². The first-order valence-electron chi connectivity index (χ1n) is 9.97. The first kappa shape index (κ1) is 25.7. The fourth-order valence-corrected chi connectivity index (χ4v) is 6.55. The van der Waals surface area contributed by atoms with Crippen molar-refractivity contribution in [2.45, 2.75) is 53.9 Å². The molecule has 2 aromatic carbocycles. The SMILES string of the molecule is O=S(=O)([O-])C(F)(F)C(F)CO.c1ccc(C[S+](Cc2ccccc2)C2CCCC2)cc1. The summed E-state index contributed by atoms with van der Waals surface area (Å²) in [5.74, 6) is 2.53. The lowest BCUT2D eigenvalue weighted by Gasteiger charge is -2.21. The monoisotopic (exact) mass is 476 g/mol. The minimum atomic E-state index is -6.03. The lowest BCUT2D eigenvalue weighted by molar-refractivity contribution is -0.0273. The second-order valence-electron chi connectivity index (χ2n) is 7.37. The number of aliphatic hydroxyl groups excluding tert-OH is 1. The highest BCUT2D eigenvalue weighted by Gasteiger charge is 2.46. The van der Waals surface area contributed by atoms with Crippen LogP contribution in [0.5, 0.6) is 0 Å². The van der Waals surface area contributed by atoms with Crippen molar-refractivity contribution >= 4 is 21.0 Å². The summed E-state index contributed by atoms with van der Waals surface area (Å²) in [5, 5.41) is 3.68. The summed E-state index contributed by atoms with van der Waals surface area (Å²) in [4.78, 5) is 0. The number of aliphatic hydroxyl groups is 1. The Morgan fingerprint density at radius 3 is 1.71 bits per heavy atom. The smallest absolute Gasteiger partial charge is 0.367 e. The van der Waals surface area contributed by atoms with E-state index in [1.54, 1.807) is 0 Å². The first-order chi connectivity index (χ1) is 14.6. The molecule has 9 heteroatoms. The Bertz CT molecular complexity index is 833. The molecule has 0 amide bonds. The minimum Gasteiger partial charge on any atom is -0.743 e. The molecule has 1 atom stereocenters. The highest BCUT2D eigenvalue weighted by molar-refractivity contribution is 7.96. The molecule has 0 radical (unpaired) electrons. The van der Waals surface area contributed by atoms with E-state index >= 15 is 0 Å². The molecular formula is C22H27F3O4S2. The summed E-state index contributed by atoms with van der Waals surface area (Å²) in [6.07, 6.45) is 2.41. The highest BCUT2D eigenvalue weighted by atomic mass is 32.2. The highest BCUT2D eigenvalue weighted by Crippen LogP contribution is 2.31. The number of benzene rings is 2. The third-order valence-electron chi connectivity index (χ3n) is 5.02. The van der Waals surface area contributed by atoms with Crippen LogP contribution in [0.25, 0.3) is 0 Å².